The Morgan fingerprint density at radius 1 is 1.05 bits per heavy atom. The van der Waals surface area contributed by atoms with E-state index < -0.39 is 0 Å². The van der Waals surface area contributed by atoms with E-state index in [1.807, 2.05) is 12.1 Å². The van der Waals surface area contributed by atoms with Gasteiger partial charge in [-0.25, -0.2) is 0 Å². The van der Waals surface area contributed by atoms with Crippen molar-refractivity contribution in [3.63, 3.8) is 0 Å². The fraction of sp³-hybridized carbons (Fsp3) is 0.333. The number of hydrogen-bond donors (Lipinski definition) is 1. The van der Waals surface area contributed by atoms with Gasteiger partial charge in [-0.3, -0.25) is 0 Å². The Morgan fingerprint density at radius 2 is 1.76 bits per heavy atom. The maximum Gasteiger partial charge on any atom is 0.0499 e. The molecule has 2 aromatic carbocycles. The molecule has 21 heavy (non-hydrogen) atoms. The van der Waals surface area contributed by atoms with Crippen molar-refractivity contribution in [3.05, 3.63) is 58.1 Å². The summed E-state index contributed by atoms with van der Waals surface area (Å²) < 4.78 is 0. The lowest BCUT2D eigenvalue weighted by Crippen LogP contribution is -2.28. The molecule has 0 aliphatic heterocycles. The third-order valence-electron chi connectivity index (χ3n) is 3.48. The van der Waals surface area contributed by atoms with Gasteiger partial charge >= 0.3 is 0 Å². The molecule has 0 aromatic heterocycles. The summed E-state index contributed by atoms with van der Waals surface area (Å²) in [6.07, 6.45) is 2.20. The zero-order valence-electron chi connectivity index (χ0n) is 12.5. The first-order valence-electron chi connectivity index (χ1n) is 7.38. The maximum atomic E-state index is 6.25. The lowest BCUT2D eigenvalue weighted by Gasteiger charge is -2.13. The number of halogens is 2. The van der Waals surface area contributed by atoms with E-state index in [2.05, 4.69) is 43.4 Å². The summed E-state index contributed by atoms with van der Waals surface area (Å²) in [5, 5.41) is 4.86. The van der Waals surface area contributed by atoms with Gasteiger partial charge in [-0.1, -0.05) is 60.5 Å². The molecular formula is C18H21Cl2N. The van der Waals surface area contributed by atoms with E-state index >= 15 is 0 Å². The average Bonchev–Trinajstić information content (AvgIpc) is 2.46. The van der Waals surface area contributed by atoms with Crippen LogP contribution in [0.15, 0.2) is 42.5 Å². The molecule has 0 saturated carbocycles. The first kappa shape index (κ1) is 16.4. The van der Waals surface area contributed by atoms with Gasteiger partial charge < -0.3 is 5.32 Å². The Labute approximate surface area is 137 Å². The standard InChI is InChI=1S/C18H21Cl2N/c1-3-10-21-13(2)11-14-4-6-15(7-5-14)17-9-8-16(19)12-18(17)20/h4-9,12-13,21H,3,10-11H2,1-2H3. The van der Waals surface area contributed by atoms with Gasteiger partial charge in [0.05, 0.1) is 0 Å². The zero-order valence-corrected chi connectivity index (χ0v) is 14.0. The van der Waals surface area contributed by atoms with Gasteiger partial charge in [0.25, 0.3) is 0 Å². The molecule has 0 heterocycles. The normalized spacial score (nSPS) is 12.4. The van der Waals surface area contributed by atoms with Crippen LogP contribution in [0.3, 0.4) is 0 Å². The zero-order chi connectivity index (χ0) is 15.2. The summed E-state index contributed by atoms with van der Waals surface area (Å²) in [5.74, 6) is 0. The van der Waals surface area contributed by atoms with Crippen molar-refractivity contribution in [1.29, 1.82) is 0 Å². The van der Waals surface area contributed by atoms with Crippen molar-refractivity contribution < 1.29 is 0 Å². The highest BCUT2D eigenvalue weighted by Crippen LogP contribution is 2.30. The molecule has 0 fully saturated rings. The van der Waals surface area contributed by atoms with Gasteiger partial charge in [0.1, 0.15) is 0 Å². The second-order valence-corrected chi connectivity index (χ2v) is 6.22. The van der Waals surface area contributed by atoms with Crippen molar-refractivity contribution in [2.24, 2.45) is 0 Å². The summed E-state index contributed by atoms with van der Waals surface area (Å²) in [6.45, 7) is 5.48. The van der Waals surface area contributed by atoms with Crippen molar-refractivity contribution in [2.75, 3.05) is 6.54 Å². The van der Waals surface area contributed by atoms with E-state index in [1.54, 1.807) is 6.07 Å². The minimum absolute atomic E-state index is 0.495. The van der Waals surface area contributed by atoms with Gasteiger partial charge in [0.2, 0.25) is 0 Å². The minimum Gasteiger partial charge on any atom is -0.314 e. The predicted octanol–water partition coefficient (Wildman–Crippen LogP) is 5.59. The molecule has 0 saturated heterocycles. The van der Waals surface area contributed by atoms with Gasteiger partial charge in [0, 0.05) is 21.7 Å². The summed E-state index contributed by atoms with van der Waals surface area (Å²) >= 11 is 12.2. The van der Waals surface area contributed by atoms with E-state index in [-0.39, 0.29) is 0 Å². The number of nitrogens with one attached hydrogen (secondary N) is 1. The second-order valence-electron chi connectivity index (χ2n) is 5.38. The van der Waals surface area contributed by atoms with E-state index in [0.717, 1.165) is 24.1 Å². The molecule has 3 heteroatoms. The summed E-state index contributed by atoms with van der Waals surface area (Å²) in [7, 11) is 0. The maximum absolute atomic E-state index is 6.25. The highest BCUT2D eigenvalue weighted by molar-refractivity contribution is 6.36. The SMILES string of the molecule is CCCNC(C)Cc1ccc(-c2ccc(Cl)cc2Cl)cc1. The van der Waals surface area contributed by atoms with Crippen molar-refractivity contribution >= 4 is 23.2 Å². The molecule has 0 aliphatic rings. The van der Waals surface area contributed by atoms with Crippen LogP contribution >= 0.6 is 23.2 Å². The Bertz CT molecular complexity index is 578. The van der Waals surface area contributed by atoms with Gasteiger partial charge in [-0.05, 0) is 49.6 Å². The first-order valence-corrected chi connectivity index (χ1v) is 8.13. The molecule has 0 aliphatic carbocycles. The topological polar surface area (TPSA) is 12.0 Å². The third kappa shape index (κ3) is 4.74. The lowest BCUT2D eigenvalue weighted by atomic mass is 10.0. The average molecular weight is 322 g/mol. The lowest BCUT2D eigenvalue weighted by molar-refractivity contribution is 0.543. The van der Waals surface area contributed by atoms with Gasteiger partial charge in [-0.15, -0.1) is 0 Å². The highest BCUT2D eigenvalue weighted by atomic mass is 35.5. The molecule has 112 valence electrons. The predicted molar refractivity (Wildman–Crippen MR) is 93.4 cm³/mol. The largest absolute Gasteiger partial charge is 0.314 e. The molecule has 1 unspecified atom stereocenters. The molecule has 1 N–H and O–H groups in total. The molecule has 0 amide bonds. The van der Waals surface area contributed by atoms with Crippen LogP contribution in [-0.4, -0.2) is 12.6 Å². The monoisotopic (exact) mass is 321 g/mol. The van der Waals surface area contributed by atoms with E-state index in [4.69, 9.17) is 23.2 Å². The van der Waals surface area contributed by atoms with E-state index in [0.29, 0.717) is 16.1 Å². The third-order valence-corrected chi connectivity index (χ3v) is 4.03. The van der Waals surface area contributed by atoms with E-state index in [9.17, 15) is 0 Å². The molecule has 0 bridgehead atoms. The van der Waals surface area contributed by atoms with Crippen LogP contribution in [0.1, 0.15) is 25.8 Å². The molecule has 2 rings (SSSR count). The molecule has 2 aromatic rings. The first-order chi connectivity index (χ1) is 10.1. The van der Waals surface area contributed by atoms with Crippen molar-refractivity contribution in [2.45, 2.75) is 32.7 Å². The Balaban J connectivity index is 2.08. The fourth-order valence-electron chi connectivity index (χ4n) is 2.36. The molecule has 1 nitrogen and oxygen atoms in total. The Kier molecular flexibility index (Phi) is 6.10. The van der Waals surface area contributed by atoms with Crippen LogP contribution in [0.25, 0.3) is 11.1 Å². The molecular weight excluding hydrogens is 301 g/mol. The molecule has 0 spiro atoms. The van der Waals surface area contributed by atoms with Crippen LogP contribution in [0, 0.1) is 0 Å². The van der Waals surface area contributed by atoms with Crippen LogP contribution < -0.4 is 5.32 Å². The number of rotatable bonds is 6. The summed E-state index contributed by atoms with van der Waals surface area (Å²) in [6, 6.07) is 14.7. The van der Waals surface area contributed by atoms with Gasteiger partial charge in [0.15, 0.2) is 0 Å². The van der Waals surface area contributed by atoms with Gasteiger partial charge in [-0.2, -0.15) is 0 Å². The van der Waals surface area contributed by atoms with Crippen LogP contribution in [0.5, 0.6) is 0 Å². The van der Waals surface area contributed by atoms with Crippen LogP contribution in [0.4, 0.5) is 0 Å². The molecule has 0 radical (unpaired) electrons. The Hall–Kier alpha value is -1.02. The minimum atomic E-state index is 0.495. The van der Waals surface area contributed by atoms with Crippen LogP contribution in [0.2, 0.25) is 10.0 Å². The number of benzene rings is 2. The molecule has 1 atom stereocenters. The quantitative estimate of drug-likeness (QED) is 0.731. The van der Waals surface area contributed by atoms with Crippen LogP contribution in [-0.2, 0) is 6.42 Å². The van der Waals surface area contributed by atoms with E-state index in [1.165, 1.54) is 12.0 Å². The van der Waals surface area contributed by atoms with Crippen molar-refractivity contribution in [1.82, 2.24) is 5.32 Å². The summed E-state index contributed by atoms with van der Waals surface area (Å²) in [5.41, 5.74) is 3.47. The number of hydrogen-bond acceptors (Lipinski definition) is 1. The second kappa shape index (κ2) is 7.84. The smallest absolute Gasteiger partial charge is 0.0499 e. The highest BCUT2D eigenvalue weighted by Gasteiger charge is 2.06. The fourth-order valence-corrected chi connectivity index (χ4v) is 2.88. The Morgan fingerprint density at radius 3 is 2.38 bits per heavy atom. The summed E-state index contributed by atoms with van der Waals surface area (Å²) in [4.78, 5) is 0. The van der Waals surface area contributed by atoms with Crippen molar-refractivity contribution in [3.8, 4) is 11.1 Å².